The largest absolute Gasteiger partial charge is 0.396 e. The van der Waals surface area contributed by atoms with Crippen LogP contribution in [-0.4, -0.2) is 23.2 Å². The summed E-state index contributed by atoms with van der Waals surface area (Å²) in [5.74, 6) is 0.961. The minimum Gasteiger partial charge on any atom is -0.396 e. The Morgan fingerprint density at radius 1 is 1.25 bits per heavy atom. The smallest absolute Gasteiger partial charge is 0.0743 e. The van der Waals surface area contributed by atoms with E-state index in [-0.39, 0.29) is 0 Å². The molecule has 2 unspecified atom stereocenters. The van der Waals surface area contributed by atoms with Crippen LogP contribution in [0.5, 0.6) is 0 Å². The van der Waals surface area contributed by atoms with Crippen LogP contribution in [0.3, 0.4) is 0 Å². The maximum absolute atomic E-state index is 9.40. The van der Waals surface area contributed by atoms with Crippen molar-refractivity contribution in [3.05, 3.63) is 30.5 Å². The number of anilines is 2. The van der Waals surface area contributed by atoms with E-state index in [1.165, 1.54) is 12.8 Å². The van der Waals surface area contributed by atoms with Crippen molar-refractivity contribution in [1.82, 2.24) is 4.98 Å². The maximum atomic E-state index is 9.40. The molecule has 1 heterocycles. The van der Waals surface area contributed by atoms with E-state index in [0.717, 1.165) is 29.6 Å². The average Bonchev–Trinajstić information content (AvgIpc) is 2.94. The van der Waals surface area contributed by atoms with Crippen LogP contribution in [-0.2, 0) is 0 Å². The van der Waals surface area contributed by atoms with Gasteiger partial charge in [0.2, 0.25) is 0 Å². The highest BCUT2D eigenvalue weighted by atomic mass is 16.3. The molecule has 1 aromatic carbocycles. The van der Waals surface area contributed by atoms with Crippen LogP contribution < -0.4 is 11.1 Å². The topological polar surface area (TPSA) is 71.2 Å². The predicted octanol–water partition coefficient (Wildman–Crippen LogP) is 2.64. The van der Waals surface area contributed by atoms with Crippen molar-refractivity contribution in [2.75, 3.05) is 24.2 Å². The minimum atomic E-state index is 0.291. The monoisotopic (exact) mass is 271 g/mol. The lowest BCUT2D eigenvalue weighted by molar-refractivity contribution is 0.199. The van der Waals surface area contributed by atoms with Crippen molar-refractivity contribution in [3.8, 4) is 0 Å². The molecule has 0 amide bonds. The molecule has 4 nitrogen and oxygen atoms in total. The molecule has 4 N–H and O–H groups in total. The van der Waals surface area contributed by atoms with Gasteiger partial charge in [-0.05, 0) is 30.7 Å². The van der Waals surface area contributed by atoms with Gasteiger partial charge in [-0.15, -0.1) is 0 Å². The molecule has 0 spiro atoms. The van der Waals surface area contributed by atoms with Gasteiger partial charge in [0.25, 0.3) is 0 Å². The zero-order valence-corrected chi connectivity index (χ0v) is 11.5. The number of nitrogens with two attached hydrogens (primary N) is 1. The lowest BCUT2D eigenvalue weighted by Crippen LogP contribution is -2.21. The molecule has 0 saturated heterocycles. The molecule has 1 aliphatic rings. The van der Waals surface area contributed by atoms with E-state index in [9.17, 15) is 5.11 Å². The Hall–Kier alpha value is -1.81. The molecular formula is C16H21N3O. The Balaban J connectivity index is 1.82. The number of hydrogen-bond acceptors (Lipinski definition) is 4. The molecule has 2 atom stereocenters. The number of rotatable bonds is 4. The van der Waals surface area contributed by atoms with Gasteiger partial charge in [0.15, 0.2) is 0 Å². The van der Waals surface area contributed by atoms with Gasteiger partial charge in [0.1, 0.15) is 0 Å². The molecule has 1 saturated carbocycles. The van der Waals surface area contributed by atoms with E-state index in [4.69, 9.17) is 5.73 Å². The Bertz CT molecular complexity index is 599. The number of nitrogen functional groups attached to an aromatic ring is 1. The van der Waals surface area contributed by atoms with Crippen LogP contribution in [0.4, 0.5) is 11.4 Å². The highest BCUT2D eigenvalue weighted by Gasteiger charge is 2.26. The Kier molecular flexibility index (Phi) is 3.74. The summed E-state index contributed by atoms with van der Waals surface area (Å²) < 4.78 is 0. The van der Waals surface area contributed by atoms with Gasteiger partial charge < -0.3 is 16.2 Å². The third-order valence-corrected chi connectivity index (χ3v) is 4.40. The standard InChI is InChI=1S/C16H21N3O/c17-14-9-18-15-7-2-1-6-13(15)16(14)19-8-11-4-3-5-12(11)10-20/h1-2,6-7,9,11-12,20H,3-5,8,10,17H2,(H,18,19). The third-order valence-electron chi connectivity index (χ3n) is 4.40. The first-order valence-corrected chi connectivity index (χ1v) is 7.27. The summed E-state index contributed by atoms with van der Waals surface area (Å²) >= 11 is 0. The minimum absolute atomic E-state index is 0.291. The fraction of sp³-hybridized carbons (Fsp3) is 0.438. The summed E-state index contributed by atoms with van der Waals surface area (Å²) in [4.78, 5) is 4.35. The van der Waals surface area contributed by atoms with E-state index in [1.54, 1.807) is 6.20 Å². The first kappa shape index (κ1) is 13.2. The molecule has 20 heavy (non-hydrogen) atoms. The fourth-order valence-corrected chi connectivity index (χ4v) is 3.21. The summed E-state index contributed by atoms with van der Waals surface area (Å²) in [5.41, 5.74) is 8.67. The van der Waals surface area contributed by atoms with Gasteiger partial charge in [-0.25, -0.2) is 0 Å². The molecule has 2 aromatic rings. The maximum Gasteiger partial charge on any atom is 0.0743 e. The Labute approximate surface area is 119 Å². The fourth-order valence-electron chi connectivity index (χ4n) is 3.21. The first-order chi connectivity index (χ1) is 9.79. The number of aromatic nitrogens is 1. The number of fused-ring (bicyclic) bond motifs is 1. The first-order valence-electron chi connectivity index (χ1n) is 7.27. The lowest BCUT2D eigenvalue weighted by atomic mass is 9.97. The second-order valence-electron chi connectivity index (χ2n) is 5.62. The van der Waals surface area contributed by atoms with Crippen molar-refractivity contribution >= 4 is 22.3 Å². The van der Waals surface area contributed by atoms with Gasteiger partial charge in [-0.3, -0.25) is 4.98 Å². The van der Waals surface area contributed by atoms with Gasteiger partial charge in [0.05, 0.1) is 23.1 Å². The van der Waals surface area contributed by atoms with Crippen molar-refractivity contribution in [2.45, 2.75) is 19.3 Å². The van der Waals surface area contributed by atoms with Crippen LogP contribution in [0.15, 0.2) is 30.5 Å². The van der Waals surface area contributed by atoms with E-state index in [2.05, 4.69) is 10.3 Å². The highest BCUT2D eigenvalue weighted by Crippen LogP contribution is 2.33. The van der Waals surface area contributed by atoms with E-state index >= 15 is 0 Å². The molecular weight excluding hydrogens is 250 g/mol. The van der Waals surface area contributed by atoms with E-state index in [1.807, 2.05) is 24.3 Å². The predicted molar refractivity (Wildman–Crippen MR) is 82.6 cm³/mol. The molecule has 3 rings (SSSR count). The van der Waals surface area contributed by atoms with Gasteiger partial charge in [-0.2, -0.15) is 0 Å². The molecule has 1 aromatic heterocycles. The van der Waals surface area contributed by atoms with Gasteiger partial charge in [-0.1, -0.05) is 24.6 Å². The molecule has 0 aliphatic heterocycles. The number of aliphatic hydroxyl groups excluding tert-OH is 1. The second kappa shape index (κ2) is 5.67. The summed E-state index contributed by atoms with van der Waals surface area (Å²) in [6, 6.07) is 8.01. The quantitative estimate of drug-likeness (QED) is 0.799. The number of nitrogens with zero attached hydrogens (tertiary/aromatic N) is 1. The second-order valence-corrected chi connectivity index (χ2v) is 5.62. The Morgan fingerprint density at radius 3 is 2.90 bits per heavy atom. The zero-order valence-electron chi connectivity index (χ0n) is 11.5. The molecule has 1 fully saturated rings. The van der Waals surface area contributed by atoms with Crippen LogP contribution in [0.2, 0.25) is 0 Å². The van der Waals surface area contributed by atoms with E-state index < -0.39 is 0 Å². The molecule has 0 radical (unpaired) electrons. The number of para-hydroxylation sites is 1. The lowest BCUT2D eigenvalue weighted by Gasteiger charge is -2.20. The van der Waals surface area contributed by atoms with Crippen molar-refractivity contribution in [1.29, 1.82) is 0 Å². The number of pyridine rings is 1. The van der Waals surface area contributed by atoms with Gasteiger partial charge in [0, 0.05) is 18.5 Å². The molecule has 106 valence electrons. The molecule has 0 bridgehead atoms. The number of aliphatic hydroxyl groups is 1. The Morgan fingerprint density at radius 2 is 2.05 bits per heavy atom. The van der Waals surface area contributed by atoms with E-state index in [0.29, 0.717) is 24.1 Å². The normalized spacial score (nSPS) is 22.2. The van der Waals surface area contributed by atoms with Crippen LogP contribution in [0, 0.1) is 11.8 Å². The number of hydrogen-bond donors (Lipinski definition) is 3. The summed E-state index contributed by atoms with van der Waals surface area (Å²) in [6.07, 6.45) is 5.24. The highest BCUT2D eigenvalue weighted by molar-refractivity contribution is 5.96. The van der Waals surface area contributed by atoms with Crippen LogP contribution >= 0.6 is 0 Å². The number of nitrogens with one attached hydrogen (secondary N) is 1. The third kappa shape index (κ3) is 2.43. The molecule has 1 aliphatic carbocycles. The van der Waals surface area contributed by atoms with Gasteiger partial charge >= 0.3 is 0 Å². The summed E-state index contributed by atoms with van der Waals surface area (Å²) in [5, 5.41) is 13.9. The number of benzene rings is 1. The summed E-state index contributed by atoms with van der Waals surface area (Å²) in [6.45, 7) is 1.16. The summed E-state index contributed by atoms with van der Waals surface area (Å²) in [7, 11) is 0. The SMILES string of the molecule is Nc1cnc2ccccc2c1NCC1CCCC1CO. The van der Waals surface area contributed by atoms with Crippen LogP contribution in [0.1, 0.15) is 19.3 Å². The molecule has 4 heteroatoms. The zero-order chi connectivity index (χ0) is 13.9. The van der Waals surface area contributed by atoms with Crippen molar-refractivity contribution in [3.63, 3.8) is 0 Å². The van der Waals surface area contributed by atoms with Crippen LogP contribution in [0.25, 0.3) is 10.9 Å². The van der Waals surface area contributed by atoms with Crippen molar-refractivity contribution in [2.24, 2.45) is 11.8 Å². The average molecular weight is 271 g/mol. The van der Waals surface area contributed by atoms with Crippen molar-refractivity contribution < 1.29 is 5.11 Å².